The number of carbonyl (C=O) groups is 1. The van der Waals surface area contributed by atoms with Crippen LogP contribution in [0.1, 0.15) is 29.7 Å². The molecule has 202 valence electrons. The molecule has 1 unspecified atom stereocenters. The Morgan fingerprint density at radius 3 is 2.79 bits per heavy atom. The van der Waals surface area contributed by atoms with Crippen molar-refractivity contribution in [3.8, 4) is 5.75 Å². The maximum atomic E-state index is 14.2. The van der Waals surface area contributed by atoms with E-state index in [2.05, 4.69) is 10.1 Å². The number of carboxylic acid groups (broad SMARTS) is 1. The van der Waals surface area contributed by atoms with E-state index in [4.69, 9.17) is 21.4 Å². The molecule has 0 amide bonds. The van der Waals surface area contributed by atoms with Gasteiger partial charge >= 0.3 is 5.97 Å². The van der Waals surface area contributed by atoms with E-state index in [9.17, 15) is 17.6 Å². The Bertz CT molecular complexity index is 1720. The fraction of sp³-hybridized carbons (Fsp3) is 0.222. The number of halogens is 2. The first-order valence-corrected chi connectivity index (χ1v) is 13.8. The molecule has 2 aromatic heterocycles. The van der Waals surface area contributed by atoms with Crippen molar-refractivity contribution >= 4 is 56.5 Å². The number of hydrogen-bond acceptors (Lipinski definition) is 6. The summed E-state index contributed by atoms with van der Waals surface area (Å²) < 4.78 is 51.0. The predicted octanol–water partition coefficient (Wildman–Crippen LogP) is 5.06. The highest BCUT2D eigenvalue weighted by molar-refractivity contribution is 7.92. The average Bonchev–Trinajstić information content (AvgIpc) is 3.19. The normalized spacial score (nSPS) is 15.5. The molecule has 1 aliphatic heterocycles. The molecule has 0 fully saturated rings. The van der Waals surface area contributed by atoms with Crippen LogP contribution < -0.4 is 9.04 Å². The Balaban J connectivity index is 1.57. The molecule has 0 bridgehead atoms. The van der Waals surface area contributed by atoms with E-state index in [0.717, 1.165) is 0 Å². The molecule has 0 saturated heterocycles. The number of aryl methyl sites for hydroxylation is 2. The number of ether oxygens (including phenoxy) is 1. The Labute approximate surface area is 229 Å². The van der Waals surface area contributed by atoms with Crippen LogP contribution in [0.5, 0.6) is 5.75 Å². The zero-order chi connectivity index (χ0) is 27.9. The number of anilines is 1. The summed E-state index contributed by atoms with van der Waals surface area (Å²) in [7, 11) is -2.41. The molecule has 0 saturated carbocycles. The minimum atomic E-state index is -4.14. The van der Waals surface area contributed by atoms with E-state index in [1.807, 2.05) is 0 Å². The molecule has 0 aliphatic carbocycles. The second-order valence-corrected chi connectivity index (χ2v) is 11.4. The van der Waals surface area contributed by atoms with Crippen LogP contribution in [0.3, 0.4) is 0 Å². The lowest BCUT2D eigenvalue weighted by atomic mass is 10.1. The molecule has 0 spiro atoms. The second kappa shape index (κ2) is 10.3. The molecule has 1 aliphatic rings. The van der Waals surface area contributed by atoms with Crippen molar-refractivity contribution in [2.24, 2.45) is 7.05 Å². The van der Waals surface area contributed by atoms with Gasteiger partial charge in [-0.25, -0.2) is 17.8 Å². The van der Waals surface area contributed by atoms with E-state index < -0.39 is 27.9 Å². The van der Waals surface area contributed by atoms with Gasteiger partial charge in [-0.3, -0.25) is 13.8 Å². The maximum Gasteiger partial charge on any atom is 0.303 e. The third-order valence-corrected chi connectivity index (χ3v) is 8.54. The summed E-state index contributed by atoms with van der Waals surface area (Å²) in [5.74, 6) is -1.21. The number of aliphatic carboxylic acids is 1. The van der Waals surface area contributed by atoms with Gasteiger partial charge in [-0.2, -0.15) is 5.10 Å². The third-order valence-electron chi connectivity index (χ3n) is 6.46. The largest absolute Gasteiger partial charge is 0.486 e. The number of nitrogens with zero attached hydrogens (tertiary/aromatic N) is 4. The van der Waals surface area contributed by atoms with Crippen molar-refractivity contribution < 1.29 is 27.4 Å². The molecular weight excluding hydrogens is 547 g/mol. The van der Waals surface area contributed by atoms with Crippen molar-refractivity contribution in [3.05, 3.63) is 76.3 Å². The second-order valence-electron chi connectivity index (χ2n) is 9.16. The summed E-state index contributed by atoms with van der Waals surface area (Å²) in [6.45, 7) is 1.67. The lowest BCUT2D eigenvalue weighted by Gasteiger charge is -2.35. The summed E-state index contributed by atoms with van der Waals surface area (Å²) in [5.41, 5.74) is 2.24. The molecule has 39 heavy (non-hydrogen) atoms. The Morgan fingerprint density at radius 1 is 1.26 bits per heavy atom. The first-order chi connectivity index (χ1) is 18.5. The number of fused-ring (bicyclic) bond motifs is 2. The van der Waals surface area contributed by atoms with Crippen LogP contribution in [-0.2, 0) is 21.9 Å². The first kappa shape index (κ1) is 26.6. The predicted molar refractivity (Wildman–Crippen MR) is 146 cm³/mol. The Morgan fingerprint density at radius 2 is 2.05 bits per heavy atom. The van der Waals surface area contributed by atoms with Gasteiger partial charge in [0.25, 0.3) is 10.0 Å². The van der Waals surface area contributed by atoms with Crippen molar-refractivity contribution in [1.29, 1.82) is 0 Å². The lowest BCUT2D eigenvalue weighted by molar-refractivity contribution is -0.137. The topological polar surface area (TPSA) is 115 Å². The molecule has 2 aromatic carbocycles. The number of aromatic nitrogens is 3. The van der Waals surface area contributed by atoms with Crippen LogP contribution in [0.2, 0.25) is 5.02 Å². The molecule has 0 radical (unpaired) electrons. The maximum absolute atomic E-state index is 14.2. The van der Waals surface area contributed by atoms with Gasteiger partial charge in [-0.15, -0.1) is 0 Å². The van der Waals surface area contributed by atoms with Gasteiger partial charge in [0.15, 0.2) is 5.65 Å². The van der Waals surface area contributed by atoms with Crippen molar-refractivity contribution in [2.45, 2.75) is 30.8 Å². The molecule has 5 rings (SSSR count). The SMILES string of the molecule is Cc1nn(C)c2ncc(S(=O)(=O)N3CC(CCC(=O)O)Oc4ccc(C=Cc5c(F)cccc5Cl)cc43)cc12. The van der Waals surface area contributed by atoms with Gasteiger partial charge in [0.05, 0.1) is 22.9 Å². The van der Waals surface area contributed by atoms with Crippen LogP contribution in [0.4, 0.5) is 10.1 Å². The van der Waals surface area contributed by atoms with E-state index in [-0.39, 0.29) is 46.3 Å². The van der Waals surface area contributed by atoms with Gasteiger partial charge in [-0.05, 0) is 55.3 Å². The van der Waals surface area contributed by atoms with Crippen LogP contribution in [0, 0.1) is 12.7 Å². The van der Waals surface area contributed by atoms with Crippen molar-refractivity contribution in [2.75, 3.05) is 10.8 Å². The van der Waals surface area contributed by atoms with Gasteiger partial charge in [0, 0.05) is 30.6 Å². The fourth-order valence-electron chi connectivity index (χ4n) is 4.50. The van der Waals surface area contributed by atoms with Crippen LogP contribution >= 0.6 is 11.6 Å². The minimum absolute atomic E-state index is 0.0324. The number of benzene rings is 2. The van der Waals surface area contributed by atoms with E-state index in [0.29, 0.717) is 22.3 Å². The smallest absolute Gasteiger partial charge is 0.303 e. The number of carboxylic acids is 1. The standard InChI is InChI=1S/C27H24ClFN4O5S/c1-16-21-13-19(14-30-27(21)32(2)31-16)39(36,37)33-15-18(8-11-26(34)35)38-25-10-7-17(12-24(25)33)6-9-20-22(28)4-3-5-23(20)29/h3-7,9-10,12-14,18H,8,11,15H2,1-2H3,(H,34,35). The molecular formula is C27H24ClFN4O5S. The summed E-state index contributed by atoms with van der Waals surface area (Å²) in [6.07, 6.45) is 3.68. The van der Waals surface area contributed by atoms with E-state index in [1.54, 1.807) is 49.0 Å². The number of hydrogen-bond donors (Lipinski definition) is 1. The van der Waals surface area contributed by atoms with Crippen LogP contribution in [0.25, 0.3) is 23.2 Å². The van der Waals surface area contributed by atoms with Crippen LogP contribution in [-0.4, -0.2) is 46.9 Å². The van der Waals surface area contributed by atoms with E-state index >= 15 is 0 Å². The zero-order valence-corrected chi connectivity index (χ0v) is 22.6. The summed E-state index contributed by atoms with van der Waals surface area (Å²) in [6, 6.07) is 10.8. The number of sulfonamides is 1. The van der Waals surface area contributed by atoms with E-state index in [1.165, 1.54) is 34.8 Å². The quantitative estimate of drug-likeness (QED) is 0.309. The minimum Gasteiger partial charge on any atom is -0.486 e. The highest BCUT2D eigenvalue weighted by Crippen LogP contribution is 2.39. The zero-order valence-electron chi connectivity index (χ0n) is 21.0. The van der Waals surface area contributed by atoms with Crippen molar-refractivity contribution in [3.63, 3.8) is 0 Å². The third kappa shape index (κ3) is 5.19. The van der Waals surface area contributed by atoms with Gasteiger partial charge in [0.2, 0.25) is 0 Å². The molecule has 3 heterocycles. The molecule has 9 nitrogen and oxygen atoms in total. The number of rotatable bonds is 7. The molecule has 4 aromatic rings. The Kier molecular flexibility index (Phi) is 7.04. The highest BCUT2D eigenvalue weighted by Gasteiger charge is 2.35. The average molecular weight is 571 g/mol. The lowest BCUT2D eigenvalue weighted by Crippen LogP contribution is -2.43. The highest BCUT2D eigenvalue weighted by atomic mass is 35.5. The number of pyridine rings is 1. The Hall–Kier alpha value is -3.96. The van der Waals surface area contributed by atoms with Crippen LogP contribution in [0.15, 0.2) is 53.6 Å². The first-order valence-electron chi connectivity index (χ1n) is 12.0. The summed E-state index contributed by atoms with van der Waals surface area (Å²) in [4.78, 5) is 15.5. The van der Waals surface area contributed by atoms with Gasteiger partial charge < -0.3 is 9.84 Å². The molecule has 1 atom stereocenters. The summed E-state index contributed by atoms with van der Waals surface area (Å²) >= 11 is 6.13. The van der Waals surface area contributed by atoms with Gasteiger partial charge in [-0.1, -0.05) is 29.8 Å². The summed E-state index contributed by atoms with van der Waals surface area (Å²) in [5, 5.41) is 14.3. The monoisotopic (exact) mass is 570 g/mol. The molecule has 12 heteroatoms. The fourth-order valence-corrected chi connectivity index (χ4v) is 6.20. The van der Waals surface area contributed by atoms with Gasteiger partial charge in [0.1, 0.15) is 22.6 Å². The van der Waals surface area contributed by atoms with Crippen molar-refractivity contribution in [1.82, 2.24) is 14.8 Å². The molecule has 1 N–H and O–H groups in total.